The lowest BCUT2D eigenvalue weighted by molar-refractivity contribution is -0.142. The molecule has 16 heavy (non-hydrogen) atoms. The van der Waals surface area contributed by atoms with Crippen LogP contribution in [0.25, 0.3) is 0 Å². The van der Waals surface area contributed by atoms with E-state index >= 15 is 0 Å². The number of hydrogen-bond donors (Lipinski definition) is 0. The van der Waals surface area contributed by atoms with Gasteiger partial charge in [0.2, 0.25) is 5.95 Å². The molecule has 0 saturated carbocycles. The highest BCUT2D eigenvalue weighted by molar-refractivity contribution is 5.42. The normalized spacial score (nSPS) is 11.6. The summed E-state index contributed by atoms with van der Waals surface area (Å²) in [7, 11) is 0. The van der Waals surface area contributed by atoms with Gasteiger partial charge in [0, 0.05) is 6.20 Å². The van der Waals surface area contributed by atoms with E-state index < -0.39 is 35.2 Å². The highest BCUT2D eigenvalue weighted by Crippen LogP contribution is 2.38. The highest BCUT2D eigenvalue weighted by Gasteiger charge is 2.41. The topological polar surface area (TPSA) is 36.7 Å². The summed E-state index contributed by atoms with van der Waals surface area (Å²) in [5.41, 5.74) is -4.87. The largest absolute Gasteiger partial charge is 0.421 e. The molecule has 0 radical (unpaired) electrons. The molecular weight excluding hydrogens is 238 g/mol. The number of alkyl halides is 5. The molecule has 0 fully saturated rings. The second-order valence-electron chi connectivity index (χ2n) is 2.66. The molecule has 0 amide bonds. The van der Waals surface area contributed by atoms with E-state index in [0.717, 1.165) is 6.07 Å². The number of nitriles is 1. The second kappa shape index (κ2) is 4.00. The number of rotatable bonds is 1. The Morgan fingerprint density at radius 1 is 1.31 bits per heavy atom. The summed E-state index contributed by atoms with van der Waals surface area (Å²) < 4.78 is 74.2. The molecule has 0 bridgehead atoms. The van der Waals surface area contributed by atoms with Crippen molar-refractivity contribution in [3.63, 3.8) is 0 Å². The van der Waals surface area contributed by atoms with Crippen LogP contribution in [0.1, 0.15) is 23.1 Å². The molecular formula is C8H2F6N2. The predicted molar refractivity (Wildman–Crippen MR) is 38.9 cm³/mol. The minimum atomic E-state index is -5.32. The van der Waals surface area contributed by atoms with Gasteiger partial charge < -0.3 is 0 Å². The van der Waals surface area contributed by atoms with Gasteiger partial charge in [-0.1, -0.05) is 0 Å². The molecule has 0 aliphatic carbocycles. The van der Waals surface area contributed by atoms with Gasteiger partial charge in [0.1, 0.15) is 11.6 Å². The van der Waals surface area contributed by atoms with Crippen LogP contribution < -0.4 is 0 Å². The summed E-state index contributed by atoms with van der Waals surface area (Å²) in [6.45, 7) is 0. The zero-order chi connectivity index (χ0) is 12.5. The van der Waals surface area contributed by atoms with Crippen molar-refractivity contribution in [3.8, 4) is 6.07 Å². The van der Waals surface area contributed by atoms with Crippen LogP contribution in [0.5, 0.6) is 0 Å². The summed E-state index contributed by atoms with van der Waals surface area (Å²) >= 11 is 0. The Bertz CT molecular complexity index is 445. The quantitative estimate of drug-likeness (QED) is 0.558. The third kappa shape index (κ3) is 2.08. The molecule has 0 spiro atoms. The first-order valence-electron chi connectivity index (χ1n) is 3.73. The predicted octanol–water partition coefficient (Wildman–Crippen LogP) is 3.05. The molecule has 8 heteroatoms. The summed E-state index contributed by atoms with van der Waals surface area (Å²) in [4.78, 5) is 2.62. The maximum atomic E-state index is 12.7. The van der Waals surface area contributed by atoms with Crippen LogP contribution in [0.3, 0.4) is 0 Å². The average Bonchev–Trinajstić information content (AvgIpc) is 2.15. The summed E-state index contributed by atoms with van der Waals surface area (Å²) in [6, 6.07) is 1.11. The maximum absolute atomic E-state index is 12.7. The van der Waals surface area contributed by atoms with Gasteiger partial charge in [-0.15, -0.1) is 0 Å². The molecule has 1 aromatic rings. The van der Waals surface area contributed by atoms with Crippen LogP contribution >= 0.6 is 0 Å². The van der Waals surface area contributed by atoms with E-state index in [2.05, 4.69) is 4.98 Å². The van der Waals surface area contributed by atoms with Gasteiger partial charge in [-0.2, -0.15) is 22.8 Å². The zero-order valence-corrected chi connectivity index (χ0v) is 7.32. The van der Waals surface area contributed by atoms with E-state index in [1.165, 1.54) is 0 Å². The standard InChI is InChI=1S/C8H2F6N2/c9-6(10)4-3(1-15)2-16-7(11)5(4)8(12,13)14/h2,6H. The van der Waals surface area contributed by atoms with Gasteiger partial charge >= 0.3 is 6.18 Å². The van der Waals surface area contributed by atoms with Gasteiger partial charge in [0.25, 0.3) is 6.43 Å². The van der Waals surface area contributed by atoms with E-state index in [9.17, 15) is 26.3 Å². The molecule has 0 atom stereocenters. The lowest BCUT2D eigenvalue weighted by Crippen LogP contribution is -2.15. The van der Waals surface area contributed by atoms with Crippen molar-refractivity contribution < 1.29 is 26.3 Å². The van der Waals surface area contributed by atoms with Gasteiger partial charge in [-0.3, -0.25) is 0 Å². The minimum Gasteiger partial charge on any atom is -0.226 e. The Balaban J connectivity index is 3.63. The molecule has 1 heterocycles. The number of pyridine rings is 1. The zero-order valence-electron chi connectivity index (χ0n) is 7.32. The molecule has 0 aliphatic heterocycles. The Morgan fingerprint density at radius 3 is 2.25 bits per heavy atom. The minimum absolute atomic E-state index is 0.339. The molecule has 0 aromatic carbocycles. The molecule has 1 rings (SSSR count). The van der Waals surface area contributed by atoms with Crippen molar-refractivity contribution in [3.05, 3.63) is 28.8 Å². The van der Waals surface area contributed by atoms with Crippen LogP contribution in [0.15, 0.2) is 6.20 Å². The van der Waals surface area contributed by atoms with Crippen molar-refractivity contribution in [2.24, 2.45) is 0 Å². The summed E-state index contributed by atoms with van der Waals surface area (Å²) in [5.74, 6) is -2.07. The molecule has 86 valence electrons. The van der Waals surface area contributed by atoms with Crippen LogP contribution in [-0.4, -0.2) is 4.98 Å². The number of halogens is 6. The molecule has 0 N–H and O–H groups in total. The van der Waals surface area contributed by atoms with Gasteiger partial charge in [-0.05, 0) is 0 Å². The third-order valence-electron chi connectivity index (χ3n) is 1.69. The Hall–Kier alpha value is -1.78. The van der Waals surface area contributed by atoms with Crippen LogP contribution in [0.4, 0.5) is 26.3 Å². The average molecular weight is 240 g/mol. The first-order chi connectivity index (χ1) is 7.29. The van der Waals surface area contributed by atoms with E-state index in [1.54, 1.807) is 0 Å². The Kier molecular flexibility index (Phi) is 3.07. The fourth-order valence-electron chi connectivity index (χ4n) is 1.09. The van der Waals surface area contributed by atoms with Gasteiger partial charge in [0.05, 0.1) is 11.1 Å². The van der Waals surface area contributed by atoms with Gasteiger partial charge in [0.15, 0.2) is 0 Å². The monoisotopic (exact) mass is 240 g/mol. The SMILES string of the molecule is N#Cc1cnc(F)c(C(F)(F)F)c1C(F)F. The van der Waals surface area contributed by atoms with E-state index in [0.29, 0.717) is 6.20 Å². The maximum Gasteiger partial charge on any atom is 0.421 e. The second-order valence-corrected chi connectivity index (χ2v) is 2.66. The number of aromatic nitrogens is 1. The van der Waals surface area contributed by atoms with Crippen molar-refractivity contribution in [1.29, 1.82) is 5.26 Å². The molecule has 1 aromatic heterocycles. The van der Waals surface area contributed by atoms with Crippen LogP contribution in [0, 0.1) is 17.3 Å². The first kappa shape index (κ1) is 12.3. The molecule has 0 saturated heterocycles. The van der Waals surface area contributed by atoms with E-state index in [1.807, 2.05) is 0 Å². The van der Waals surface area contributed by atoms with Gasteiger partial charge in [-0.25, -0.2) is 13.8 Å². The van der Waals surface area contributed by atoms with Crippen molar-refractivity contribution in [1.82, 2.24) is 4.98 Å². The van der Waals surface area contributed by atoms with Crippen molar-refractivity contribution in [2.45, 2.75) is 12.6 Å². The number of nitrogens with zero attached hydrogens (tertiary/aromatic N) is 2. The number of hydrogen-bond acceptors (Lipinski definition) is 2. The molecule has 0 unspecified atom stereocenters. The smallest absolute Gasteiger partial charge is 0.226 e. The lowest BCUT2D eigenvalue weighted by Gasteiger charge is -2.13. The third-order valence-corrected chi connectivity index (χ3v) is 1.69. The summed E-state index contributed by atoms with van der Waals surface area (Å²) in [6.07, 6.45) is -8.59. The van der Waals surface area contributed by atoms with Crippen molar-refractivity contribution in [2.75, 3.05) is 0 Å². The van der Waals surface area contributed by atoms with Crippen molar-refractivity contribution >= 4 is 0 Å². The van der Waals surface area contributed by atoms with Crippen LogP contribution in [0.2, 0.25) is 0 Å². The van der Waals surface area contributed by atoms with E-state index in [4.69, 9.17) is 5.26 Å². The fourth-order valence-corrected chi connectivity index (χ4v) is 1.09. The molecule has 2 nitrogen and oxygen atoms in total. The summed E-state index contributed by atoms with van der Waals surface area (Å²) in [5, 5.41) is 8.34. The molecule has 0 aliphatic rings. The first-order valence-corrected chi connectivity index (χ1v) is 3.73. The Morgan fingerprint density at radius 2 is 1.88 bits per heavy atom. The Labute approximate surface area is 85.1 Å². The fraction of sp³-hybridized carbons (Fsp3) is 0.250. The highest BCUT2D eigenvalue weighted by atomic mass is 19.4. The van der Waals surface area contributed by atoms with E-state index in [-0.39, 0.29) is 0 Å². The van der Waals surface area contributed by atoms with Crippen LogP contribution in [-0.2, 0) is 6.18 Å². The lowest BCUT2D eigenvalue weighted by atomic mass is 10.0.